The molecule has 1 unspecified atom stereocenters. The van der Waals surface area contributed by atoms with Crippen LogP contribution >= 0.6 is 27.7 Å². The smallest absolute Gasteiger partial charge is 0.232 e. The molecule has 2 fully saturated rings. The molecule has 1 atom stereocenters. The van der Waals surface area contributed by atoms with Crippen molar-refractivity contribution in [2.24, 2.45) is 0 Å². The van der Waals surface area contributed by atoms with E-state index in [1.165, 1.54) is 25.9 Å². The van der Waals surface area contributed by atoms with E-state index in [1.807, 2.05) is 12.1 Å². The normalized spacial score (nSPS) is 22.9. The van der Waals surface area contributed by atoms with E-state index in [2.05, 4.69) is 37.9 Å². The van der Waals surface area contributed by atoms with E-state index in [9.17, 15) is 4.79 Å². The van der Waals surface area contributed by atoms with Crippen molar-refractivity contribution < 1.29 is 4.79 Å². The third kappa shape index (κ3) is 4.02. The monoisotopic (exact) mass is 368 g/mol. The molecule has 0 aliphatic carbocycles. The zero-order valence-corrected chi connectivity index (χ0v) is 14.5. The molecule has 2 heterocycles. The number of hydrogen-bond donors (Lipinski definition) is 0. The summed E-state index contributed by atoms with van der Waals surface area (Å²) >= 11 is 5.06. The Hall–Kier alpha value is -0.520. The summed E-state index contributed by atoms with van der Waals surface area (Å²) in [5, 5.41) is 0. The van der Waals surface area contributed by atoms with E-state index < -0.39 is 0 Å². The molecular weight excluding hydrogens is 348 g/mol. The van der Waals surface area contributed by atoms with Crippen LogP contribution in [0.2, 0.25) is 0 Å². The van der Waals surface area contributed by atoms with Crippen LogP contribution in [0.4, 0.5) is 0 Å². The first-order valence-electron chi connectivity index (χ1n) is 7.62. The van der Waals surface area contributed by atoms with E-state index in [0.29, 0.717) is 11.8 Å². The Morgan fingerprint density at radius 3 is 2.62 bits per heavy atom. The van der Waals surface area contributed by atoms with Crippen LogP contribution in [-0.2, 0) is 4.79 Å². The van der Waals surface area contributed by atoms with E-state index in [-0.39, 0.29) is 5.91 Å². The molecule has 1 aromatic rings. The zero-order valence-electron chi connectivity index (χ0n) is 12.1. The Balaban J connectivity index is 1.46. The number of nitrogens with zero attached hydrogens (tertiary/aromatic N) is 2. The average molecular weight is 369 g/mol. The summed E-state index contributed by atoms with van der Waals surface area (Å²) in [6.45, 7) is 4.31. The van der Waals surface area contributed by atoms with Gasteiger partial charge in [-0.25, -0.2) is 0 Å². The highest BCUT2D eigenvalue weighted by atomic mass is 79.9. The van der Waals surface area contributed by atoms with Crippen molar-refractivity contribution in [2.45, 2.75) is 30.2 Å². The first kappa shape index (κ1) is 15.4. The van der Waals surface area contributed by atoms with Gasteiger partial charge in [0.2, 0.25) is 5.91 Å². The molecule has 0 N–H and O–H groups in total. The van der Waals surface area contributed by atoms with Crippen molar-refractivity contribution in [3.05, 3.63) is 28.7 Å². The van der Waals surface area contributed by atoms with Crippen LogP contribution in [0.1, 0.15) is 19.3 Å². The number of rotatable bonds is 4. The third-order valence-corrected chi connectivity index (χ3v) is 5.87. The first-order valence-corrected chi connectivity index (χ1v) is 9.40. The maximum absolute atomic E-state index is 12.3. The molecule has 1 aromatic carbocycles. The number of amides is 1. The Labute approximate surface area is 139 Å². The molecule has 0 spiro atoms. The Kier molecular flexibility index (Phi) is 5.24. The van der Waals surface area contributed by atoms with Crippen molar-refractivity contribution >= 4 is 33.6 Å². The minimum atomic E-state index is 0.282. The summed E-state index contributed by atoms with van der Waals surface area (Å²) < 4.78 is 1.08. The van der Waals surface area contributed by atoms with Crippen molar-refractivity contribution in [3.63, 3.8) is 0 Å². The summed E-state index contributed by atoms with van der Waals surface area (Å²) in [5.74, 6) is 0.832. The number of carbonyl (C=O) groups excluding carboxylic acids is 1. The van der Waals surface area contributed by atoms with Gasteiger partial charge in [0.25, 0.3) is 0 Å². The Morgan fingerprint density at radius 1 is 1.19 bits per heavy atom. The number of likely N-dealkylation sites (tertiary alicyclic amines) is 2. The molecule has 3 rings (SSSR count). The number of benzene rings is 1. The molecule has 2 aliphatic rings. The number of carbonyl (C=O) groups is 1. The second-order valence-electron chi connectivity index (χ2n) is 5.77. The van der Waals surface area contributed by atoms with Crippen molar-refractivity contribution in [1.29, 1.82) is 0 Å². The fourth-order valence-electron chi connectivity index (χ4n) is 3.14. The Bertz CT molecular complexity index is 488. The topological polar surface area (TPSA) is 23.6 Å². The number of hydrogen-bond acceptors (Lipinski definition) is 3. The SMILES string of the molecule is O=C(CSc1ccc(Br)cc1)N1CCC(N2CCCC2)C1. The van der Waals surface area contributed by atoms with E-state index in [0.717, 1.165) is 28.9 Å². The van der Waals surface area contributed by atoms with E-state index in [4.69, 9.17) is 0 Å². The maximum Gasteiger partial charge on any atom is 0.232 e. The van der Waals surface area contributed by atoms with Gasteiger partial charge in [0, 0.05) is 28.5 Å². The lowest BCUT2D eigenvalue weighted by Crippen LogP contribution is -2.37. The van der Waals surface area contributed by atoms with Crippen LogP contribution < -0.4 is 0 Å². The standard InChI is InChI=1S/C16H21BrN2OS/c17-13-3-5-15(6-4-13)21-12-16(20)19-10-7-14(11-19)18-8-1-2-9-18/h3-6,14H,1-2,7-12H2. The van der Waals surface area contributed by atoms with Gasteiger partial charge in [-0.15, -0.1) is 11.8 Å². The second-order valence-corrected chi connectivity index (χ2v) is 7.73. The van der Waals surface area contributed by atoms with Crippen LogP contribution in [-0.4, -0.2) is 53.7 Å². The summed E-state index contributed by atoms with van der Waals surface area (Å²) in [7, 11) is 0. The van der Waals surface area contributed by atoms with E-state index >= 15 is 0 Å². The molecule has 0 saturated carbocycles. The highest BCUT2D eigenvalue weighted by Gasteiger charge is 2.31. The Morgan fingerprint density at radius 2 is 1.90 bits per heavy atom. The van der Waals surface area contributed by atoms with Crippen molar-refractivity contribution in [2.75, 3.05) is 31.9 Å². The third-order valence-electron chi connectivity index (χ3n) is 4.35. The van der Waals surface area contributed by atoms with Crippen LogP contribution in [0.3, 0.4) is 0 Å². The quantitative estimate of drug-likeness (QED) is 0.762. The molecule has 0 bridgehead atoms. The predicted octanol–water partition coefficient (Wildman–Crippen LogP) is 3.24. The number of thioether (sulfide) groups is 1. The minimum absolute atomic E-state index is 0.282. The first-order chi connectivity index (χ1) is 10.2. The summed E-state index contributed by atoms with van der Waals surface area (Å²) in [6, 6.07) is 8.75. The van der Waals surface area contributed by atoms with Gasteiger partial charge in [0.1, 0.15) is 0 Å². The highest BCUT2D eigenvalue weighted by molar-refractivity contribution is 9.10. The predicted molar refractivity (Wildman–Crippen MR) is 90.7 cm³/mol. The van der Waals surface area contributed by atoms with Gasteiger partial charge in [0.15, 0.2) is 0 Å². The molecule has 0 radical (unpaired) electrons. The molecule has 0 aromatic heterocycles. The average Bonchev–Trinajstić information content (AvgIpc) is 3.17. The van der Waals surface area contributed by atoms with Crippen molar-refractivity contribution in [3.8, 4) is 0 Å². The summed E-state index contributed by atoms with van der Waals surface area (Å²) in [4.78, 5) is 18.1. The summed E-state index contributed by atoms with van der Waals surface area (Å²) in [6.07, 6.45) is 3.79. The lowest BCUT2D eigenvalue weighted by Gasteiger charge is -2.23. The minimum Gasteiger partial charge on any atom is -0.340 e. The van der Waals surface area contributed by atoms with Gasteiger partial charge in [-0.05, 0) is 56.6 Å². The molecule has 1 amide bonds. The van der Waals surface area contributed by atoms with Gasteiger partial charge in [-0.1, -0.05) is 15.9 Å². The summed E-state index contributed by atoms with van der Waals surface area (Å²) in [5.41, 5.74) is 0. The zero-order chi connectivity index (χ0) is 14.7. The van der Waals surface area contributed by atoms with Crippen LogP contribution in [0.5, 0.6) is 0 Å². The fraction of sp³-hybridized carbons (Fsp3) is 0.562. The fourth-order valence-corrected chi connectivity index (χ4v) is 4.21. The van der Waals surface area contributed by atoms with Gasteiger partial charge in [0.05, 0.1) is 5.75 Å². The molecule has 5 heteroatoms. The molecule has 2 aliphatic heterocycles. The van der Waals surface area contributed by atoms with Crippen LogP contribution in [0.15, 0.2) is 33.6 Å². The van der Waals surface area contributed by atoms with Gasteiger partial charge in [-0.3, -0.25) is 9.69 Å². The lowest BCUT2D eigenvalue weighted by atomic mass is 10.2. The largest absolute Gasteiger partial charge is 0.340 e. The molecule has 3 nitrogen and oxygen atoms in total. The second kappa shape index (κ2) is 7.16. The van der Waals surface area contributed by atoms with Gasteiger partial charge in [-0.2, -0.15) is 0 Å². The molecule has 2 saturated heterocycles. The van der Waals surface area contributed by atoms with Crippen molar-refractivity contribution in [1.82, 2.24) is 9.80 Å². The van der Waals surface area contributed by atoms with E-state index in [1.54, 1.807) is 11.8 Å². The van der Waals surface area contributed by atoms with Gasteiger partial charge < -0.3 is 4.90 Å². The number of halogens is 1. The lowest BCUT2D eigenvalue weighted by molar-refractivity contribution is -0.127. The molecule has 114 valence electrons. The van der Waals surface area contributed by atoms with Gasteiger partial charge >= 0.3 is 0 Å². The van der Waals surface area contributed by atoms with Crippen LogP contribution in [0, 0.1) is 0 Å². The van der Waals surface area contributed by atoms with Crippen LogP contribution in [0.25, 0.3) is 0 Å². The maximum atomic E-state index is 12.3. The highest BCUT2D eigenvalue weighted by Crippen LogP contribution is 2.24. The molecule has 21 heavy (non-hydrogen) atoms. The molecular formula is C16H21BrN2OS.